The molecular weight excluding hydrogens is 342 g/mol. The van der Waals surface area contributed by atoms with Gasteiger partial charge in [0.2, 0.25) is 0 Å². The van der Waals surface area contributed by atoms with Crippen molar-refractivity contribution in [2.45, 2.75) is 18.9 Å². The Morgan fingerprint density at radius 1 is 1.32 bits per heavy atom. The smallest absolute Gasteiger partial charge is 0.348 e. The number of methoxy groups -OCH3 is 1. The zero-order chi connectivity index (χ0) is 17.6. The van der Waals surface area contributed by atoms with Gasteiger partial charge in [-0.15, -0.1) is 11.3 Å². The van der Waals surface area contributed by atoms with Crippen LogP contribution in [0.4, 0.5) is 5.00 Å². The maximum absolute atomic E-state index is 12.4. The molecule has 1 atom stereocenters. The number of hydrogen-bond acceptors (Lipinski definition) is 6. The van der Waals surface area contributed by atoms with Gasteiger partial charge in [-0.3, -0.25) is 4.79 Å². The molecule has 0 aliphatic carbocycles. The molecule has 7 heteroatoms. The second-order valence-corrected chi connectivity index (χ2v) is 6.67. The van der Waals surface area contributed by atoms with Crippen molar-refractivity contribution in [3.05, 3.63) is 46.8 Å². The number of carbonyl (C=O) groups excluding carboxylic acids is 2. The van der Waals surface area contributed by atoms with Gasteiger partial charge in [-0.05, 0) is 43.2 Å². The second kappa shape index (κ2) is 8.13. The summed E-state index contributed by atoms with van der Waals surface area (Å²) in [6.45, 7) is 1.27. The SMILES string of the molecule is COC(=O)c1ccc(NC(=O)c2cccc(OCC3CCCO3)c2)s1. The summed E-state index contributed by atoms with van der Waals surface area (Å²) in [5.41, 5.74) is 0.484. The van der Waals surface area contributed by atoms with E-state index in [1.165, 1.54) is 18.4 Å². The lowest BCUT2D eigenvalue weighted by molar-refractivity contribution is 0.0606. The van der Waals surface area contributed by atoms with Gasteiger partial charge < -0.3 is 19.5 Å². The first-order chi connectivity index (χ1) is 12.2. The van der Waals surface area contributed by atoms with Crippen LogP contribution in [0.1, 0.15) is 32.9 Å². The maximum Gasteiger partial charge on any atom is 0.348 e. The average molecular weight is 361 g/mol. The van der Waals surface area contributed by atoms with Crippen molar-refractivity contribution < 1.29 is 23.8 Å². The summed E-state index contributed by atoms with van der Waals surface area (Å²) in [7, 11) is 1.32. The minimum Gasteiger partial charge on any atom is -0.491 e. The summed E-state index contributed by atoms with van der Waals surface area (Å²) in [5, 5.41) is 3.35. The number of rotatable bonds is 6. The number of esters is 1. The van der Waals surface area contributed by atoms with Gasteiger partial charge in [-0.1, -0.05) is 6.07 Å². The molecule has 1 aliphatic rings. The first-order valence-corrected chi connectivity index (χ1v) is 8.81. The van der Waals surface area contributed by atoms with Crippen LogP contribution in [-0.4, -0.2) is 38.3 Å². The number of carbonyl (C=O) groups is 2. The van der Waals surface area contributed by atoms with E-state index >= 15 is 0 Å². The molecule has 3 rings (SSSR count). The first kappa shape index (κ1) is 17.4. The summed E-state index contributed by atoms with van der Waals surface area (Å²) in [4.78, 5) is 24.3. The van der Waals surface area contributed by atoms with Crippen LogP contribution in [0.15, 0.2) is 36.4 Å². The molecule has 1 N–H and O–H groups in total. The van der Waals surface area contributed by atoms with E-state index in [4.69, 9.17) is 9.47 Å². The third kappa shape index (κ3) is 4.58. The van der Waals surface area contributed by atoms with E-state index < -0.39 is 5.97 Å². The highest BCUT2D eigenvalue weighted by Gasteiger charge is 2.16. The minimum atomic E-state index is -0.421. The minimum absolute atomic E-state index is 0.125. The van der Waals surface area contributed by atoms with Gasteiger partial charge >= 0.3 is 5.97 Å². The van der Waals surface area contributed by atoms with Crippen molar-refractivity contribution in [1.82, 2.24) is 0 Å². The van der Waals surface area contributed by atoms with Gasteiger partial charge in [0.25, 0.3) is 5.91 Å². The topological polar surface area (TPSA) is 73.9 Å². The van der Waals surface area contributed by atoms with Gasteiger partial charge in [0.15, 0.2) is 0 Å². The van der Waals surface area contributed by atoms with Crippen LogP contribution < -0.4 is 10.1 Å². The summed E-state index contributed by atoms with van der Waals surface area (Å²) >= 11 is 1.17. The molecule has 1 fully saturated rings. The monoisotopic (exact) mass is 361 g/mol. The summed E-state index contributed by atoms with van der Waals surface area (Å²) < 4.78 is 15.9. The van der Waals surface area contributed by atoms with Crippen LogP contribution >= 0.6 is 11.3 Å². The second-order valence-electron chi connectivity index (χ2n) is 5.58. The molecule has 0 bridgehead atoms. The molecule has 25 heavy (non-hydrogen) atoms. The van der Waals surface area contributed by atoms with E-state index in [0.717, 1.165) is 19.4 Å². The highest BCUT2D eigenvalue weighted by atomic mass is 32.1. The molecule has 0 saturated carbocycles. The van der Waals surface area contributed by atoms with E-state index in [9.17, 15) is 9.59 Å². The molecule has 2 heterocycles. The molecule has 132 valence electrons. The Balaban J connectivity index is 1.60. The van der Waals surface area contributed by atoms with Gasteiger partial charge in [-0.2, -0.15) is 0 Å². The summed E-state index contributed by atoms with van der Waals surface area (Å²) in [6.07, 6.45) is 2.19. The summed E-state index contributed by atoms with van der Waals surface area (Å²) in [6, 6.07) is 10.3. The standard InChI is InChI=1S/C18H19NO5S/c1-22-18(21)15-7-8-16(25-15)19-17(20)12-4-2-5-13(10-12)24-11-14-6-3-9-23-14/h2,4-5,7-8,10,14H,3,6,9,11H2,1H3,(H,19,20). The maximum atomic E-state index is 12.4. The Morgan fingerprint density at radius 2 is 2.20 bits per heavy atom. The van der Waals surface area contributed by atoms with Crippen molar-refractivity contribution in [2.75, 3.05) is 25.6 Å². The van der Waals surface area contributed by atoms with Gasteiger partial charge in [0, 0.05) is 12.2 Å². The number of nitrogens with one attached hydrogen (secondary N) is 1. The van der Waals surface area contributed by atoms with Gasteiger partial charge in [0.05, 0.1) is 18.2 Å². The van der Waals surface area contributed by atoms with Crippen molar-refractivity contribution in [1.29, 1.82) is 0 Å². The lowest BCUT2D eigenvalue weighted by atomic mass is 10.2. The predicted octanol–water partition coefficient (Wildman–Crippen LogP) is 3.34. The van der Waals surface area contributed by atoms with Crippen LogP contribution in [0, 0.1) is 0 Å². The Kier molecular flexibility index (Phi) is 5.67. The van der Waals surface area contributed by atoms with Crippen molar-refractivity contribution in [2.24, 2.45) is 0 Å². The largest absolute Gasteiger partial charge is 0.491 e. The van der Waals surface area contributed by atoms with Crippen molar-refractivity contribution >= 4 is 28.2 Å². The lowest BCUT2D eigenvalue weighted by Gasteiger charge is -2.12. The molecule has 1 unspecified atom stereocenters. The molecule has 1 amide bonds. The highest BCUT2D eigenvalue weighted by Crippen LogP contribution is 2.24. The highest BCUT2D eigenvalue weighted by molar-refractivity contribution is 7.18. The third-order valence-corrected chi connectivity index (χ3v) is 4.77. The van der Waals surface area contributed by atoms with E-state index in [2.05, 4.69) is 10.1 Å². The fourth-order valence-electron chi connectivity index (χ4n) is 2.49. The Hall–Kier alpha value is -2.38. The fraction of sp³-hybridized carbons (Fsp3) is 0.333. The molecule has 0 spiro atoms. The number of anilines is 1. The number of benzene rings is 1. The van der Waals surface area contributed by atoms with E-state index in [1.54, 1.807) is 30.3 Å². The average Bonchev–Trinajstić information content (AvgIpc) is 3.31. The van der Waals surface area contributed by atoms with Crippen LogP contribution in [-0.2, 0) is 9.47 Å². The van der Waals surface area contributed by atoms with Crippen LogP contribution in [0.5, 0.6) is 5.75 Å². The quantitative estimate of drug-likeness (QED) is 0.799. The lowest BCUT2D eigenvalue weighted by Crippen LogP contribution is -2.16. The van der Waals surface area contributed by atoms with Gasteiger partial charge in [0.1, 0.15) is 17.2 Å². The first-order valence-electron chi connectivity index (χ1n) is 7.99. The predicted molar refractivity (Wildman–Crippen MR) is 94.5 cm³/mol. The number of ether oxygens (including phenoxy) is 3. The number of amides is 1. The number of hydrogen-bond donors (Lipinski definition) is 1. The van der Waals surface area contributed by atoms with Crippen molar-refractivity contribution in [3.63, 3.8) is 0 Å². The molecule has 1 aliphatic heterocycles. The molecule has 1 saturated heterocycles. The molecule has 1 aromatic heterocycles. The van der Waals surface area contributed by atoms with Crippen LogP contribution in [0.25, 0.3) is 0 Å². The molecule has 0 radical (unpaired) electrons. The zero-order valence-corrected chi connectivity index (χ0v) is 14.6. The fourth-order valence-corrected chi connectivity index (χ4v) is 3.31. The van der Waals surface area contributed by atoms with E-state index in [0.29, 0.717) is 27.8 Å². The van der Waals surface area contributed by atoms with E-state index in [1.807, 2.05) is 6.07 Å². The third-order valence-electron chi connectivity index (χ3n) is 3.79. The number of thiophene rings is 1. The Bertz CT molecular complexity index is 751. The van der Waals surface area contributed by atoms with Crippen LogP contribution in [0.3, 0.4) is 0 Å². The van der Waals surface area contributed by atoms with Crippen LogP contribution in [0.2, 0.25) is 0 Å². The Labute approximate surface area is 149 Å². The molecular formula is C18H19NO5S. The molecule has 6 nitrogen and oxygen atoms in total. The van der Waals surface area contributed by atoms with Crippen molar-refractivity contribution in [3.8, 4) is 5.75 Å². The normalized spacial score (nSPS) is 16.4. The Morgan fingerprint density at radius 3 is 2.96 bits per heavy atom. The van der Waals surface area contributed by atoms with Gasteiger partial charge in [-0.25, -0.2) is 4.79 Å². The molecule has 2 aromatic rings. The molecule has 1 aromatic carbocycles. The van der Waals surface area contributed by atoms with E-state index in [-0.39, 0.29) is 12.0 Å². The summed E-state index contributed by atoms with van der Waals surface area (Å²) in [5.74, 6) is -0.0551. The zero-order valence-electron chi connectivity index (χ0n) is 13.8.